The van der Waals surface area contributed by atoms with Crippen molar-refractivity contribution >= 4 is 46.0 Å². The second-order valence-corrected chi connectivity index (χ2v) is 6.05. The molecule has 0 radical (unpaired) electrons. The predicted octanol–water partition coefficient (Wildman–Crippen LogP) is 3.77. The van der Waals surface area contributed by atoms with E-state index < -0.39 is 11.6 Å². The SMILES string of the molecule is O=C1C(=Cc2cccc(F)c2F)SC(=S)N1c1cccnc1. The van der Waals surface area contributed by atoms with Gasteiger partial charge in [0.1, 0.15) is 0 Å². The highest BCUT2D eigenvalue weighted by molar-refractivity contribution is 8.27. The number of pyridine rings is 1. The highest BCUT2D eigenvalue weighted by Crippen LogP contribution is 2.35. The summed E-state index contributed by atoms with van der Waals surface area (Å²) in [6.07, 6.45) is 4.39. The second-order valence-electron chi connectivity index (χ2n) is 4.37. The summed E-state index contributed by atoms with van der Waals surface area (Å²) in [5, 5.41) is 0. The number of rotatable bonds is 2. The number of carbonyl (C=O) groups is 1. The average Bonchev–Trinajstić information content (AvgIpc) is 2.79. The molecule has 0 bridgehead atoms. The fraction of sp³-hybridized carbons (Fsp3) is 0. The van der Waals surface area contributed by atoms with E-state index in [1.54, 1.807) is 18.3 Å². The summed E-state index contributed by atoms with van der Waals surface area (Å²) in [6.45, 7) is 0. The van der Waals surface area contributed by atoms with Crippen LogP contribution in [0.3, 0.4) is 0 Å². The number of thioether (sulfide) groups is 1. The highest BCUT2D eigenvalue weighted by Gasteiger charge is 2.33. The van der Waals surface area contributed by atoms with Crippen LogP contribution in [0, 0.1) is 11.6 Å². The molecule has 1 aliphatic heterocycles. The minimum Gasteiger partial charge on any atom is -0.268 e. The monoisotopic (exact) mass is 334 g/mol. The summed E-state index contributed by atoms with van der Waals surface area (Å²) in [4.78, 5) is 17.9. The van der Waals surface area contributed by atoms with Crippen LogP contribution in [0.4, 0.5) is 14.5 Å². The molecule has 1 saturated heterocycles. The molecule has 1 amide bonds. The summed E-state index contributed by atoms with van der Waals surface area (Å²) in [5.41, 5.74) is 0.541. The molecule has 0 spiro atoms. The van der Waals surface area contributed by atoms with Gasteiger partial charge in [-0.05, 0) is 24.3 Å². The minimum atomic E-state index is -0.992. The maximum Gasteiger partial charge on any atom is 0.270 e. The first-order valence-electron chi connectivity index (χ1n) is 6.20. The molecule has 0 aliphatic carbocycles. The van der Waals surface area contributed by atoms with Crippen molar-refractivity contribution in [3.63, 3.8) is 0 Å². The first kappa shape index (κ1) is 14.8. The zero-order chi connectivity index (χ0) is 15.7. The second kappa shape index (κ2) is 5.94. The van der Waals surface area contributed by atoms with Crippen molar-refractivity contribution in [2.75, 3.05) is 4.90 Å². The molecule has 1 aliphatic rings. The van der Waals surface area contributed by atoms with Gasteiger partial charge < -0.3 is 0 Å². The Balaban J connectivity index is 1.98. The Morgan fingerprint density at radius 1 is 1.23 bits per heavy atom. The zero-order valence-corrected chi connectivity index (χ0v) is 12.6. The number of benzene rings is 1. The Morgan fingerprint density at radius 2 is 2.05 bits per heavy atom. The fourth-order valence-electron chi connectivity index (χ4n) is 1.95. The van der Waals surface area contributed by atoms with Gasteiger partial charge in [-0.3, -0.25) is 14.7 Å². The van der Waals surface area contributed by atoms with Gasteiger partial charge in [0.15, 0.2) is 16.0 Å². The molecule has 0 N–H and O–H groups in total. The van der Waals surface area contributed by atoms with Crippen molar-refractivity contribution in [3.8, 4) is 0 Å². The van der Waals surface area contributed by atoms with Gasteiger partial charge in [0.05, 0.1) is 16.8 Å². The van der Waals surface area contributed by atoms with Gasteiger partial charge in [-0.2, -0.15) is 0 Å². The average molecular weight is 334 g/mol. The molecule has 110 valence electrons. The number of halogens is 2. The molecule has 3 nitrogen and oxygen atoms in total. The van der Waals surface area contributed by atoms with Crippen LogP contribution in [-0.4, -0.2) is 15.2 Å². The van der Waals surface area contributed by atoms with Gasteiger partial charge in [0.2, 0.25) is 0 Å². The van der Waals surface area contributed by atoms with Crippen molar-refractivity contribution in [3.05, 3.63) is 64.8 Å². The standard InChI is InChI=1S/C15H8F2N2OS2/c16-11-5-1-3-9(13(11)17)7-12-14(20)19(15(21)22-12)10-4-2-6-18-8-10/h1-8H. The van der Waals surface area contributed by atoms with Crippen LogP contribution in [0.1, 0.15) is 5.56 Å². The molecule has 0 unspecified atom stereocenters. The third-order valence-corrected chi connectivity index (χ3v) is 4.27. The lowest BCUT2D eigenvalue weighted by Crippen LogP contribution is -2.27. The van der Waals surface area contributed by atoms with E-state index in [2.05, 4.69) is 4.98 Å². The molecular formula is C15H8F2N2OS2. The van der Waals surface area contributed by atoms with Crippen LogP contribution in [0.25, 0.3) is 6.08 Å². The molecule has 2 heterocycles. The number of carbonyl (C=O) groups excluding carboxylic acids is 1. The van der Waals surface area contributed by atoms with Gasteiger partial charge in [0.25, 0.3) is 5.91 Å². The first-order chi connectivity index (χ1) is 10.6. The van der Waals surface area contributed by atoms with Crippen LogP contribution in [-0.2, 0) is 4.79 Å². The number of anilines is 1. The van der Waals surface area contributed by atoms with Crippen LogP contribution in [0.2, 0.25) is 0 Å². The maximum absolute atomic E-state index is 13.7. The number of hydrogen-bond acceptors (Lipinski definition) is 4. The summed E-state index contributed by atoms with van der Waals surface area (Å²) in [6, 6.07) is 7.18. The smallest absolute Gasteiger partial charge is 0.268 e. The first-order valence-corrected chi connectivity index (χ1v) is 7.42. The van der Waals surface area contributed by atoms with E-state index in [-0.39, 0.29) is 16.4 Å². The van der Waals surface area contributed by atoms with Gasteiger partial charge >= 0.3 is 0 Å². The molecular weight excluding hydrogens is 326 g/mol. The molecule has 3 rings (SSSR count). The number of aromatic nitrogens is 1. The lowest BCUT2D eigenvalue weighted by molar-refractivity contribution is -0.113. The van der Waals surface area contributed by atoms with Gasteiger partial charge in [-0.15, -0.1) is 0 Å². The van der Waals surface area contributed by atoms with Gasteiger partial charge in [-0.25, -0.2) is 8.78 Å². The quantitative estimate of drug-likeness (QED) is 0.618. The van der Waals surface area contributed by atoms with E-state index in [9.17, 15) is 13.6 Å². The molecule has 1 aromatic carbocycles. The Hall–Kier alpha value is -2.12. The van der Waals surface area contributed by atoms with Crippen LogP contribution in [0.5, 0.6) is 0 Å². The summed E-state index contributed by atoms with van der Waals surface area (Å²) < 4.78 is 27.3. The lowest BCUT2D eigenvalue weighted by atomic mass is 10.2. The largest absolute Gasteiger partial charge is 0.270 e. The van der Waals surface area contributed by atoms with Gasteiger partial charge in [0, 0.05) is 11.8 Å². The van der Waals surface area contributed by atoms with E-state index in [0.29, 0.717) is 10.0 Å². The highest BCUT2D eigenvalue weighted by atomic mass is 32.2. The Kier molecular flexibility index (Phi) is 4.00. The van der Waals surface area contributed by atoms with Crippen LogP contribution < -0.4 is 4.90 Å². The Labute approximate surface area is 134 Å². The zero-order valence-electron chi connectivity index (χ0n) is 11.0. The molecule has 1 fully saturated rings. The predicted molar refractivity (Wildman–Crippen MR) is 86.2 cm³/mol. The minimum absolute atomic E-state index is 0.00619. The fourth-order valence-corrected chi connectivity index (χ4v) is 3.24. The third-order valence-electron chi connectivity index (χ3n) is 2.97. The van der Waals surface area contributed by atoms with E-state index in [0.717, 1.165) is 17.8 Å². The molecule has 22 heavy (non-hydrogen) atoms. The summed E-state index contributed by atoms with van der Waals surface area (Å²) in [5.74, 6) is -2.34. The third kappa shape index (κ3) is 2.65. The summed E-state index contributed by atoms with van der Waals surface area (Å²) in [7, 11) is 0. The molecule has 0 atom stereocenters. The number of nitrogens with zero attached hydrogens (tertiary/aromatic N) is 2. The number of amides is 1. The number of hydrogen-bond donors (Lipinski definition) is 0. The topological polar surface area (TPSA) is 33.2 Å². The molecule has 2 aromatic rings. The van der Waals surface area contributed by atoms with Crippen LogP contribution >= 0.6 is 24.0 Å². The molecule has 0 saturated carbocycles. The van der Waals surface area contributed by atoms with E-state index in [1.807, 2.05) is 0 Å². The van der Waals surface area contributed by atoms with Crippen molar-refractivity contribution in [1.82, 2.24) is 4.98 Å². The normalized spacial score (nSPS) is 16.6. The van der Waals surface area contributed by atoms with Crippen molar-refractivity contribution in [2.45, 2.75) is 0 Å². The van der Waals surface area contributed by atoms with E-state index in [4.69, 9.17) is 12.2 Å². The summed E-state index contributed by atoms with van der Waals surface area (Å²) >= 11 is 6.22. The molecule has 1 aromatic heterocycles. The van der Waals surface area contributed by atoms with E-state index in [1.165, 1.54) is 29.3 Å². The van der Waals surface area contributed by atoms with Crippen LogP contribution in [0.15, 0.2) is 47.6 Å². The van der Waals surface area contributed by atoms with Crippen molar-refractivity contribution in [2.24, 2.45) is 0 Å². The van der Waals surface area contributed by atoms with Crippen molar-refractivity contribution in [1.29, 1.82) is 0 Å². The molecule has 7 heteroatoms. The number of thiocarbonyl (C=S) groups is 1. The van der Waals surface area contributed by atoms with Crippen molar-refractivity contribution < 1.29 is 13.6 Å². The van der Waals surface area contributed by atoms with E-state index >= 15 is 0 Å². The van der Waals surface area contributed by atoms with Gasteiger partial charge in [-0.1, -0.05) is 36.1 Å². The lowest BCUT2D eigenvalue weighted by Gasteiger charge is -2.13. The Morgan fingerprint density at radius 3 is 2.77 bits per heavy atom. The maximum atomic E-state index is 13.7. The Bertz CT molecular complexity index is 793.